The first-order valence-electron chi connectivity index (χ1n) is 4.66. The Balaban J connectivity index is 2.27. The number of halogens is 1. The van der Waals surface area contributed by atoms with E-state index in [4.69, 9.17) is 5.73 Å². The number of thiophene rings is 1. The summed E-state index contributed by atoms with van der Waals surface area (Å²) in [5.74, 6) is 0. The molecule has 2 heterocycles. The Bertz CT molecular complexity index is 450. The summed E-state index contributed by atoms with van der Waals surface area (Å²) in [5, 5.41) is 5.16. The Labute approximate surface area is 105 Å². The highest BCUT2D eigenvalue weighted by atomic mass is 79.9. The van der Waals surface area contributed by atoms with Crippen LogP contribution in [0.1, 0.15) is 24.4 Å². The first-order valence-corrected chi connectivity index (χ1v) is 7.21. The van der Waals surface area contributed by atoms with Crippen molar-refractivity contribution in [2.75, 3.05) is 0 Å². The average Bonchev–Trinajstić information content (AvgIpc) is 2.84. The van der Waals surface area contributed by atoms with Crippen molar-refractivity contribution in [2.24, 2.45) is 5.73 Å². The zero-order chi connectivity index (χ0) is 10.8. The van der Waals surface area contributed by atoms with E-state index in [9.17, 15) is 0 Å². The van der Waals surface area contributed by atoms with E-state index >= 15 is 0 Å². The van der Waals surface area contributed by atoms with E-state index in [1.807, 2.05) is 0 Å². The van der Waals surface area contributed by atoms with E-state index in [1.165, 1.54) is 4.88 Å². The fourth-order valence-electron chi connectivity index (χ4n) is 1.19. The smallest absolute Gasteiger partial charge is 0.110 e. The maximum absolute atomic E-state index is 5.93. The SMILES string of the molecule is CCC(N)c1nc(-c2cc(Br)cs2)cs1. The molecule has 2 aromatic rings. The predicted octanol–water partition coefficient (Wildman–Crippen LogP) is 4.04. The van der Waals surface area contributed by atoms with Gasteiger partial charge in [0.05, 0.1) is 16.6 Å². The van der Waals surface area contributed by atoms with Crippen molar-refractivity contribution in [3.05, 3.63) is 26.3 Å². The van der Waals surface area contributed by atoms with Crippen molar-refractivity contribution in [3.8, 4) is 10.6 Å². The molecule has 0 radical (unpaired) electrons. The number of rotatable bonds is 3. The largest absolute Gasteiger partial charge is 0.322 e. The second-order valence-electron chi connectivity index (χ2n) is 3.21. The lowest BCUT2D eigenvalue weighted by atomic mass is 10.2. The van der Waals surface area contributed by atoms with Crippen LogP contribution in [0.5, 0.6) is 0 Å². The third-order valence-electron chi connectivity index (χ3n) is 2.10. The highest BCUT2D eigenvalue weighted by Crippen LogP contribution is 2.31. The predicted molar refractivity (Wildman–Crippen MR) is 70.3 cm³/mol. The van der Waals surface area contributed by atoms with Crippen molar-refractivity contribution in [1.29, 1.82) is 0 Å². The van der Waals surface area contributed by atoms with E-state index in [1.54, 1.807) is 22.7 Å². The van der Waals surface area contributed by atoms with Crippen molar-refractivity contribution in [1.82, 2.24) is 4.98 Å². The van der Waals surface area contributed by atoms with Crippen molar-refractivity contribution in [3.63, 3.8) is 0 Å². The van der Waals surface area contributed by atoms with Crippen LogP contribution in [0.25, 0.3) is 10.6 Å². The Morgan fingerprint density at radius 1 is 1.47 bits per heavy atom. The minimum Gasteiger partial charge on any atom is -0.322 e. The highest BCUT2D eigenvalue weighted by molar-refractivity contribution is 9.10. The van der Waals surface area contributed by atoms with Crippen molar-refractivity contribution >= 4 is 38.6 Å². The van der Waals surface area contributed by atoms with Gasteiger partial charge in [-0.2, -0.15) is 0 Å². The van der Waals surface area contributed by atoms with Crippen LogP contribution in [0.3, 0.4) is 0 Å². The quantitative estimate of drug-likeness (QED) is 0.929. The lowest BCUT2D eigenvalue weighted by molar-refractivity contribution is 0.693. The molecule has 0 amide bonds. The highest BCUT2D eigenvalue weighted by Gasteiger charge is 2.10. The summed E-state index contributed by atoms with van der Waals surface area (Å²) in [6.45, 7) is 2.08. The lowest BCUT2D eigenvalue weighted by Gasteiger charge is -2.01. The molecule has 0 aliphatic carbocycles. The summed E-state index contributed by atoms with van der Waals surface area (Å²) in [4.78, 5) is 5.74. The monoisotopic (exact) mass is 302 g/mol. The molecule has 2 aromatic heterocycles. The minimum atomic E-state index is 0.0761. The average molecular weight is 303 g/mol. The first-order chi connectivity index (χ1) is 7.20. The molecule has 1 atom stereocenters. The second-order valence-corrected chi connectivity index (χ2v) is 5.93. The molecule has 80 valence electrons. The molecular formula is C10H11BrN2S2. The Morgan fingerprint density at radius 3 is 2.87 bits per heavy atom. The maximum Gasteiger partial charge on any atom is 0.110 e. The lowest BCUT2D eigenvalue weighted by Crippen LogP contribution is -2.07. The molecule has 2 nitrogen and oxygen atoms in total. The van der Waals surface area contributed by atoms with Crippen LogP contribution >= 0.6 is 38.6 Å². The minimum absolute atomic E-state index is 0.0761. The topological polar surface area (TPSA) is 38.9 Å². The van der Waals surface area contributed by atoms with Gasteiger partial charge in [0, 0.05) is 15.2 Å². The van der Waals surface area contributed by atoms with E-state index < -0.39 is 0 Å². The third-order valence-corrected chi connectivity index (χ3v) is 4.79. The van der Waals surface area contributed by atoms with Gasteiger partial charge >= 0.3 is 0 Å². The molecule has 15 heavy (non-hydrogen) atoms. The van der Waals surface area contributed by atoms with Gasteiger partial charge in [0.25, 0.3) is 0 Å². The molecule has 2 N–H and O–H groups in total. The number of nitrogens with two attached hydrogens (primary N) is 1. The van der Waals surface area contributed by atoms with Gasteiger partial charge in [-0.3, -0.25) is 0 Å². The van der Waals surface area contributed by atoms with Gasteiger partial charge in [0.2, 0.25) is 0 Å². The molecule has 0 aliphatic rings. The zero-order valence-corrected chi connectivity index (χ0v) is 11.5. The molecule has 0 fully saturated rings. The molecule has 0 saturated heterocycles. The zero-order valence-electron chi connectivity index (χ0n) is 8.24. The molecule has 1 unspecified atom stereocenters. The summed E-state index contributed by atoms with van der Waals surface area (Å²) in [7, 11) is 0. The molecule has 5 heteroatoms. The van der Waals surface area contributed by atoms with Gasteiger partial charge in [-0.15, -0.1) is 22.7 Å². The maximum atomic E-state index is 5.93. The van der Waals surface area contributed by atoms with Gasteiger partial charge in [-0.05, 0) is 28.4 Å². The number of thiazole rings is 1. The molecule has 0 bridgehead atoms. The van der Waals surface area contributed by atoms with Crippen LogP contribution in [0.2, 0.25) is 0 Å². The number of hydrogen-bond donors (Lipinski definition) is 1. The molecule has 2 rings (SSSR count). The van der Waals surface area contributed by atoms with Crippen LogP contribution in [0, 0.1) is 0 Å². The molecule has 0 aliphatic heterocycles. The number of hydrogen-bond acceptors (Lipinski definition) is 4. The molecular weight excluding hydrogens is 292 g/mol. The van der Waals surface area contributed by atoms with Crippen LogP contribution in [0.4, 0.5) is 0 Å². The molecule has 0 saturated carbocycles. The normalized spacial score (nSPS) is 13.0. The fourth-order valence-corrected chi connectivity index (χ4v) is 3.56. The van der Waals surface area contributed by atoms with Gasteiger partial charge in [0.15, 0.2) is 0 Å². The van der Waals surface area contributed by atoms with Gasteiger partial charge in [-0.25, -0.2) is 4.98 Å². The summed E-state index contributed by atoms with van der Waals surface area (Å²) < 4.78 is 1.11. The van der Waals surface area contributed by atoms with E-state index in [-0.39, 0.29) is 6.04 Å². The fraction of sp³-hybridized carbons (Fsp3) is 0.300. The van der Waals surface area contributed by atoms with Crippen LogP contribution in [-0.4, -0.2) is 4.98 Å². The number of aromatic nitrogens is 1. The summed E-state index contributed by atoms with van der Waals surface area (Å²) in [6.07, 6.45) is 0.932. The third kappa shape index (κ3) is 2.47. The van der Waals surface area contributed by atoms with E-state index in [0.29, 0.717) is 0 Å². The Morgan fingerprint density at radius 2 is 2.27 bits per heavy atom. The molecule has 0 spiro atoms. The summed E-state index contributed by atoms with van der Waals surface area (Å²) in [5.41, 5.74) is 6.97. The molecule has 0 aromatic carbocycles. The standard InChI is InChI=1S/C10H11BrN2S2/c1-2-7(12)10-13-8(5-15-10)9-3-6(11)4-14-9/h3-5,7H,2,12H2,1H3. The Kier molecular flexibility index (Phi) is 3.56. The van der Waals surface area contributed by atoms with Crippen LogP contribution < -0.4 is 5.73 Å². The van der Waals surface area contributed by atoms with Gasteiger partial charge in [0.1, 0.15) is 5.01 Å². The van der Waals surface area contributed by atoms with Crippen LogP contribution in [0.15, 0.2) is 21.3 Å². The second kappa shape index (κ2) is 4.74. The summed E-state index contributed by atoms with van der Waals surface area (Å²) in [6, 6.07) is 2.16. The number of nitrogens with zero attached hydrogens (tertiary/aromatic N) is 1. The van der Waals surface area contributed by atoms with Crippen LogP contribution in [-0.2, 0) is 0 Å². The van der Waals surface area contributed by atoms with E-state index in [2.05, 4.69) is 44.7 Å². The van der Waals surface area contributed by atoms with Gasteiger partial charge < -0.3 is 5.73 Å². The first kappa shape index (κ1) is 11.3. The Hall–Kier alpha value is -0.230. The van der Waals surface area contributed by atoms with Crippen molar-refractivity contribution < 1.29 is 0 Å². The van der Waals surface area contributed by atoms with Crippen molar-refractivity contribution in [2.45, 2.75) is 19.4 Å². The summed E-state index contributed by atoms with van der Waals surface area (Å²) >= 11 is 6.77. The van der Waals surface area contributed by atoms with E-state index in [0.717, 1.165) is 21.6 Å². The van der Waals surface area contributed by atoms with Gasteiger partial charge in [-0.1, -0.05) is 6.92 Å².